The van der Waals surface area contributed by atoms with Crippen molar-refractivity contribution < 1.29 is 14.6 Å². The SMILES string of the molecule is CCOC(=O)[C@@H]1N[C@H](C)[C@H]([C@H](C)O)[C@H]1C. The van der Waals surface area contributed by atoms with Crippen LogP contribution in [-0.2, 0) is 9.53 Å². The normalized spacial score (nSPS) is 37.7. The second-order valence-electron chi connectivity index (χ2n) is 4.36. The van der Waals surface area contributed by atoms with Gasteiger partial charge in [0.05, 0.1) is 12.7 Å². The minimum Gasteiger partial charge on any atom is -0.465 e. The number of hydrogen-bond acceptors (Lipinski definition) is 4. The van der Waals surface area contributed by atoms with E-state index in [9.17, 15) is 9.90 Å². The number of ether oxygens (including phenoxy) is 1. The molecule has 0 aliphatic carbocycles. The molecule has 15 heavy (non-hydrogen) atoms. The highest BCUT2D eigenvalue weighted by Gasteiger charge is 2.44. The van der Waals surface area contributed by atoms with Crippen LogP contribution in [-0.4, -0.2) is 35.9 Å². The van der Waals surface area contributed by atoms with E-state index in [1.165, 1.54) is 0 Å². The van der Waals surface area contributed by atoms with Crippen molar-refractivity contribution >= 4 is 5.97 Å². The molecule has 1 aliphatic heterocycles. The molecule has 1 fully saturated rings. The van der Waals surface area contributed by atoms with Crippen LogP contribution in [0.2, 0.25) is 0 Å². The van der Waals surface area contributed by atoms with Crippen LogP contribution in [0.15, 0.2) is 0 Å². The molecule has 1 saturated heterocycles. The molecular formula is C11H21NO3. The number of carbonyl (C=O) groups excluding carboxylic acids is 1. The second kappa shape index (κ2) is 4.94. The van der Waals surface area contributed by atoms with Gasteiger partial charge in [-0.3, -0.25) is 4.79 Å². The van der Waals surface area contributed by atoms with Crippen LogP contribution in [0, 0.1) is 11.8 Å². The summed E-state index contributed by atoms with van der Waals surface area (Å²) in [5.74, 6) is 0.0125. The van der Waals surface area contributed by atoms with E-state index in [4.69, 9.17) is 4.74 Å². The Morgan fingerprint density at radius 3 is 2.53 bits per heavy atom. The molecule has 0 unspecified atom stereocenters. The molecule has 4 heteroatoms. The predicted octanol–water partition coefficient (Wildman–Crippen LogP) is 0.543. The Morgan fingerprint density at radius 2 is 2.13 bits per heavy atom. The molecule has 5 atom stereocenters. The maximum absolute atomic E-state index is 11.6. The summed E-state index contributed by atoms with van der Waals surface area (Å²) in [6, 6.07) is -0.131. The van der Waals surface area contributed by atoms with Crippen LogP contribution in [0.4, 0.5) is 0 Å². The van der Waals surface area contributed by atoms with Crippen molar-refractivity contribution in [1.29, 1.82) is 0 Å². The Labute approximate surface area is 91.0 Å². The standard InChI is InChI=1S/C11H21NO3/c1-5-15-11(14)10-6(2)9(8(4)13)7(3)12-10/h6-10,12-13H,5H2,1-4H3/t6-,7-,8+,9-,10-/m1/s1. The van der Waals surface area contributed by atoms with E-state index in [1.807, 2.05) is 13.8 Å². The van der Waals surface area contributed by atoms with Crippen molar-refractivity contribution in [1.82, 2.24) is 5.32 Å². The first-order valence-corrected chi connectivity index (χ1v) is 5.59. The highest BCUT2D eigenvalue weighted by atomic mass is 16.5. The first-order chi connectivity index (χ1) is 6.99. The molecule has 1 rings (SSSR count). The zero-order valence-corrected chi connectivity index (χ0v) is 9.86. The average Bonchev–Trinajstić information content (AvgIpc) is 2.42. The molecule has 0 saturated carbocycles. The van der Waals surface area contributed by atoms with Gasteiger partial charge in [0.1, 0.15) is 6.04 Å². The maximum atomic E-state index is 11.6. The minimum atomic E-state index is -0.401. The number of aliphatic hydroxyl groups is 1. The molecule has 1 aliphatic rings. The molecule has 0 aromatic rings. The summed E-state index contributed by atoms with van der Waals surface area (Å²) in [4.78, 5) is 11.6. The van der Waals surface area contributed by atoms with Gasteiger partial charge < -0.3 is 15.2 Å². The Balaban J connectivity index is 2.68. The lowest BCUT2D eigenvalue weighted by atomic mass is 9.85. The van der Waals surface area contributed by atoms with E-state index in [0.717, 1.165) is 0 Å². The summed E-state index contributed by atoms with van der Waals surface area (Å²) in [6.07, 6.45) is -0.401. The van der Waals surface area contributed by atoms with E-state index in [-0.39, 0.29) is 29.9 Å². The van der Waals surface area contributed by atoms with Crippen LogP contribution in [0.5, 0.6) is 0 Å². The fraction of sp³-hybridized carbons (Fsp3) is 0.909. The largest absolute Gasteiger partial charge is 0.465 e. The Kier molecular flexibility index (Phi) is 4.11. The maximum Gasteiger partial charge on any atom is 0.323 e. The fourth-order valence-electron chi connectivity index (χ4n) is 2.60. The highest BCUT2D eigenvalue weighted by molar-refractivity contribution is 5.76. The quantitative estimate of drug-likeness (QED) is 0.675. The monoisotopic (exact) mass is 215 g/mol. The van der Waals surface area contributed by atoms with E-state index in [1.54, 1.807) is 13.8 Å². The van der Waals surface area contributed by atoms with Gasteiger partial charge in [0.25, 0.3) is 0 Å². The topological polar surface area (TPSA) is 58.6 Å². The van der Waals surface area contributed by atoms with Gasteiger partial charge >= 0.3 is 5.97 Å². The van der Waals surface area contributed by atoms with Gasteiger partial charge in [-0.25, -0.2) is 0 Å². The molecule has 4 nitrogen and oxygen atoms in total. The number of aliphatic hydroxyl groups excluding tert-OH is 1. The molecule has 0 aromatic heterocycles. The Morgan fingerprint density at radius 1 is 1.53 bits per heavy atom. The molecular weight excluding hydrogens is 194 g/mol. The van der Waals surface area contributed by atoms with Crippen molar-refractivity contribution in [2.24, 2.45) is 11.8 Å². The summed E-state index contributed by atoms with van der Waals surface area (Å²) < 4.78 is 4.99. The van der Waals surface area contributed by atoms with Crippen LogP contribution in [0.25, 0.3) is 0 Å². The van der Waals surface area contributed by atoms with Gasteiger partial charge in [-0.15, -0.1) is 0 Å². The predicted molar refractivity (Wildman–Crippen MR) is 57.4 cm³/mol. The van der Waals surface area contributed by atoms with Crippen molar-refractivity contribution in [3.63, 3.8) is 0 Å². The Bertz CT molecular complexity index is 230. The molecule has 1 heterocycles. The molecule has 0 bridgehead atoms. The van der Waals surface area contributed by atoms with Gasteiger partial charge in [0.15, 0.2) is 0 Å². The molecule has 88 valence electrons. The Hall–Kier alpha value is -0.610. The van der Waals surface area contributed by atoms with Gasteiger partial charge in [-0.05, 0) is 26.7 Å². The number of nitrogens with one attached hydrogen (secondary N) is 1. The van der Waals surface area contributed by atoms with Crippen molar-refractivity contribution in [3.8, 4) is 0 Å². The van der Waals surface area contributed by atoms with E-state index in [2.05, 4.69) is 5.32 Å². The fourth-order valence-corrected chi connectivity index (χ4v) is 2.60. The lowest BCUT2D eigenvalue weighted by Crippen LogP contribution is -2.38. The molecule has 0 spiro atoms. The van der Waals surface area contributed by atoms with Gasteiger partial charge in [0, 0.05) is 12.0 Å². The zero-order valence-electron chi connectivity index (χ0n) is 9.86. The van der Waals surface area contributed by atoms with Crippen molar-refractivity contribution in [3.05, 3.63) is 0 Å². The number of esters is 1. The van der Waals surface area contributed by atoms with E-state index in [0.29, 0.717) is 6.61 Å². The minimum absolute atomic E-state index is 0.110. The first-order valence-electron chi connectivity index (χ1n) is 5.59. The third-order valence-electron chi connectivity index (χ3n) is 3.25. The summed E-state index contributed by atoms with van der Waals surface area (Å²) in [6.45, 7) is 7.94. The second-order valence-corrected chi connectivity index (χ2v) is 4.36. The van der Waals surface area contributed by atoms with Gasteiger partial charge in [-0.1, -0.05) is 6.92 Å². The molecule has 0 aromatic carbocycles. The van der Waals surface area contributed by atoms with Gasteiger partial charge in [-0.2, -0.15) is 0 Å². The van der Waals surface area contributed by atoms with Gasteiger partial charge in [0.2, 0.25) is 0 Å². The molecule has 2 N–H and O–H groups in total. The first kappa shape index (κ1) is 12.5. The molecule has 0 radical (unpaired) electrons. The summed E-state index contributed by atoms with van der Waals surface area (Å²) in [5.41, 5.74) is 0. The third kappa shape index (κ3) is 2.49. The lowest BCUT2D eigenvalue weighted by molar-refractivity contribution is -0.146. The summed E-state index contributed by atoms with van der Waals surface area (Å²) in [5, 5.41) is 12.8. The average molecular weight is 215 g/mol. The number of carbonyl (C=O) groups is 1. The highest BCUT2D eigenvalue weighted by Crippen LogP contribution is 2.30. The van der Waals surface area contributed by atoms with Crippen molar-refractivity contribution in [2.75, 3.05) is 6.61 Å². The van der Waals surface area contributed by atoms with Crippen LogP contribution in [0.3, 0.4) is 0 Å². The van der Waals surface area contributed by atoms with Crippen LogP contribution >= 0.6 is 0 Å². The van der Waals surface area contributed by atoms with Crippen LogP contribution < -0.4 is 5.32 Å². The van der Waals surface area contributed by atoms with E-state index >= 15 is 0 Å². The summed E-state index contributed by atoms with van der Waals surface area (Å²) in [7, 11) is 0. The summed E-state index contributed by atoms with van der Waals surface area (Å²) >= 11 is 0. The van der Waals surface area contributed by atoms with E-state index < -0.39 is 6.10 Å². The van der Waals surface area contributed by atoms with Crippen LogP contribution in [0.1, 0.15) is 27.7 Å². The third-order valence-corrected chi connectivity index (χ3v) is 3.25. The smallest absolute Gasteiger partial charge is 0.323 e. The molecule has 0 amide bonds. The zero-order chi connectivity index (χ0) is 11.6. The lowest BCUT2D eigenvalue weighted by Gasteiger charge is -2.22. The number of rotatable bonds is 3. The van der Waals surface area contributed by atoms with Crippen molar-refractivity contribution in [2.45, 2.75) is 45.9 Å². The number of hydrogen-bond donors (Lipinski definition) is 2.